The molecule has 0 atom stereocenters. The first-order chi connectivity index (χ1) is 9.69. The van der Waals surface area contributed by atoms with Crippen LogP contribution in [-0.2, 0) is 0 Å². The van der Waals surface area contributed by atoms with Crippen molar-refractivity contribution >= 4 is 22.4 Å². The lowest BCUT2D eigenvalue weighted by atomic mass is 10.0. The largest absolute Gasteiger partial charge is 0.497 e. The van der Waals surface area contributed by atoms with Gasteiger partial charge in [-0.05, 0) is 37.3 Å². The fourth-order valence-corrected chi connectivity index (χ4v) is 2.34. The Kier molecular flexibility index (Phi) is 3.28. The van der Waals surface area contributed by atoms with Gasteiger partial charge < -0.3 is 4.74 Å². The van der Waals surface area contributed by atoms with Crippen molar-refractivity contribution in [1.82, 2.24) is 10.2 Å². The molecule has 0 fully saturated rings. The summed E-state index contributed by atoms with van der Waals surface area (Å²) in [5.74, 6) is 0.815. The third-order valence-electron chi connectivity index (χ3n) is 3.29. The maximum absolute atomic E-state index is 5.93. The van der Waals surface area contributed by atoms with Crippen molar-refractivity contribution in [2.24, 2.45) is 0 Å². The van der Waals surface area contributed by atoms with Crippen LogP contribution < -0.4 is 4.74 Å². The lowest BCUT2D eigenvalue weighted by Crippen LogP contribution is -1.94. The second-order valence-electron chi connectivity index (χ2n) is 4.55. The van der Waals surface area contributed by atoms with Crippen LogP contribution in [0.2, 0.25) is 5.02 Å². The van der Waals surface area contributed by atoms with E-state index in [4.69, 9.17) is 16.3 Å². The number of aromatic nitrogens is 2. The van der Waals surface area contributed by atoms with Crippen molar-refractivity contribution < 1.29 is 4.74 Å². The Morgan fingerprint density at radius 3 is 2.40 bits per heavy atom. The summed E-state index contributed by atoms with van der Waals surface area (Å²) in [6, 6.07) is 13.5. The van der Waals surface area contributed by atoms with Crippen molar-refractivity contribution in [3.05, 3.63) is 53.2 Å². The molecule has 20 heavy (non-hydrogen) atoms. The summed E-state index contributed by atoms with van der Waals surface area (Å²) in [7, 11) is 1.66. The van der Waals surface area contributed by atoms with Crippen LogP contribution in [0.25, 0.3) is 22.0 Å². The van der Waals surface area contributed by atoms with Crippen molar-refractivity contribution in [1.29, 1.82) is 0 Å². The maximum atomic E-state index is 5.93. The molecule has 3 aromatic rings. The zero-order valence-corrected chi connectivity index (χ0v) is 12.0. The minimum Gasteiger partial charge on any atom is -0.497 e. The summed E-state index contributed by atoms with van der Waals surface area (Å²) in [6.45, 7) is 1.94. The third-order valence-corrected chi connectivity index (χ3v) is 3.54. The Morgan fingerprint density at radius 1 is 0.950 bits per heavy atom. The van der Waals surface area contributed by atoms with E-state index >= 15 is 0 Å². The highest BCUT2D eigenvalue weighted by molar-refractivity contribution is 6.30. The predicted molar refractivity (Wildman–Crippen MR) is 81.3 cm³/mol. The smallest absolute Gasteiger partial charge is 0.119 e. The molecule has 0 N–H and O–H groups in total. The van der Waals surface area contributed by atoms with Gasteiger partial charge in [0.15, 0.2) is 0 Å². The summed E-state index contributed by atoms with van der Waals surface area (Å²) in [6.07, 6.45) is 0. The Labute approximate surface area is 122 Å². The topological polar surface area (TPSA) is 35.0 Å². The first kappa shape index (κ1) is 12.9. The van der Waals surface area contributed by atoms with E-state index < -0.39 is 0 Å². The van der Waals surface area contributed by atoms with Crippen LogP contribution in [-0.4, -0.2) is 17.3 Å². The Hall–Kier alpha value is -2.13. The van der Waals surface area contributed by atoms with Gasteiger partial charge in [0, 0.05) is 21.4 Å². The summed E-state index contributed by atoms with van der Waals surface area (Å²) >= 11 is 5.93. The average molecular weight is 285 g/mol. The van der Waals surface area contributed by atoms with Gasteiger partial charge in [0.25, 0.3) is 0 Å². The molecule has 3 nitrogen and oxygen atoms in total. The van der Waals surface area contributed by atoms with E-state index in [0.717, 1.165) is 33.5 Å². The van der Waals surface area contributed by atoms with Gasteiger partial charge in [-0.25, -0.2) is 0 Å². The molecule has 0 saturated heterocycles. The molecule has 4 heteroatoms. The number of fused-ring (bicyclic) bond motifs is 1. The van der Waals surface area contributed by atoms with E-state index in [1.54, 1.807) is 7.11 Å². The number of halogens is 1. The van der Waals surface area contributed by atoms with Crippen molar-refractivity contribution in [2.45, 2.75) is 6.92 Å². The monoisotopic (exact) mass is 284 g/mol. The number of hydrogen-bond donors (Lipinski definition) is 0. The molecule has 0 aliphatic heterocycles. The minimum atomic E-state index is 0.708. The van der Waals surface area contributed by atoms with Gasteiger partial charge >= 0.3 is 0 Å². The Morgan fingerprint density at radius 2 is 1.70 bits per heavy atom. The summed E-state index contributed by atoms with van der Waals surface area (Å²) in [5, 5.41) is 11.4. The molecule has 2 aromatic carbocycles. The fraction of sp³-hybridized carbons (Fsp3) is 0.125. The van der Waals surface area contributed by atoms with Crippen molar-refractivity contribution in [3.63, 3.8) is 0 Å². The van der Waals surface area contributed by atoms with E-state index in [1.165, 1.54) is 0 Å². The number of hydrogen-bond acceptors (Lipinski definition) is 3. The van der Waals surface area contributed by atoms with Crippen LogP contribution in [0, 0.1) is 6.92 Å². The van der Waals surface area contributed by atoms with E-state index in [1.807, 2.05) is 49.4 Å². The molecule has 0 radical (unpaired) electrons. The molecule has 0 unspecified atom stereocenters. The highest BCUT2D eigenvalue weighted by Crippen LogP contribution is 2.30. The number of aryl methyl sites for hydroxylation is 1. The quantitative estimate of drug-likeness (QED) is 0.705. The van der Waals surface area contributed by atoms with Crippen LogP contribution in [0.3, 0.4) is 0 Å². The van der Waals surface area contributed by atoms with Gasteiger partial charge in [-0.15, -0.1) is 5.10 Å². The molecule has 0 saturated carbocycles. The molecular formula is C16H13ClN2O. The maximum Gasteiger partial charge on any atom is 0.119 e. The lowest BCUT2D eigenvalue weighted by Gasteiger charge is -2.09. The van der Waals surface area contributed by atoms with Crippen LogP contribution >= 0.6 is 11.6 Å². The molecule has 0 aliphatic carbocycles. The molecule has 100 valence electrons. The number of rotatable bonds is 2. The highest BCUT2D eigenvalue weighted by Gasteiger charge is 2.09. The number of ether oxygens (including phenoxy) is 1. The normalized spacial score (nSPS) is 10.8. The molecule has 3 rings (SSSR count). The molecule has 1 aromatic heterocycles. The van der Waals surface area contributed by atoms with Crippen molar-refractivity contribution in [3.8, 4) is 17.0 Å². The summed E-state index contributed by atoms with van der Waals surface area (Å²) < 4.78 is 5.27. The predicted octanol–water partition coefficient (Wildman–Crippen LogP) is 4.27. The van der Waals surface area contributed by atoms with Gasteiger partial charge in [0.05, 0.1) is 12.8 Å². The first-order valence-corrected chi connectivity index (χ1v) is 6.64. The second kappa shape index (κ2) is 5.10. The minimum absolute atomic E-state index is 0.708. The second-order valence-corrected chi connectivity index (χ2v) is 4.99. The van der Waals surface area contributed by atoms with E-state index in [2.05, 4.69) is 10.2 Å². The van der Waals surface area contributed by atoms with Crippen LogP contribution in [0.15, 0.2) is 42.5 Å². The number of nitrogens with zero attached hydrogens (tertiary/aromatic N) is 2. The fourth-order valence-electron chi connectivity index (χ4n) is 2.21. The van der Waals surface area contributed by atoms with E-state index in [9.17, 15) is 0 Å². The Balaban J connectivity index is 2.26. The van der Waals surface area contributed by atoms with Crippen LogP contribution in [0.4, 0.5) is 0 Å². The third kappa shape index (κ3) is 2.21. The molecular weight excluding hydrogens is 272 g/mol. The summed E-state index contributed by atoms with van der Waals surface area (Å²) in [5.41, 5.74) is 2.73. The SMILES string of the molecule is COc1ccc2c(-c3ccc(Cl)cc3)nnc(C)c2c1. The Bertz CT molecular complexity index is 769. The van der Waals surface area contributed by atoms with Crippen LogP contribution in [0.1, 0.15) is 5.69 Å². The highest BCUT2D eigenvalue weighted by atomic mass is 35.5. The van der Waals surface area contributed by atoms with E-state index in [-0.39, 0.29) is 0 Å². The zero-order valence-electron chi connectivity index (χ0n) is 11.2. The molecule has 0 bridgehead atoms. The number of benzene rings is 2. The van der Waals surface area contributed by atoms with Gasteiger partial charge in [-0.1, -0.05) is 23.7 Å². The number of methoxy groups -OCH3 is 1. The van der Waals surface area contributed by atoms with E-state index in [0.29, 0.717) is 5.02 Å². The van der Waals surface area contributed by atoms with Gasteiger partial charge in [-0.2, -0.15) is 5.10 Å². The molecule has 0 aliphatic rings. The molecule has 0 spiro atoms. The average Bonchev–Trinajstić information content (AvgIpc) is 2.49. The van der Waals surface area contributed by atoms with Gasteiger partial charge in [-0.3, -0.25) is 0 Å². The zero-order chi connectivity index (χ0) is 14.1. The van der Waals surface area contributed by atoms with Gasteiger partial charge in [0.1, 0.15) is 11.4 Å². The molecule has 1 heterocycles. The van der Waals surface area contributed by atoms with Crippen LogP contribution in [0.5, 0.6) is 5.75 Å². The standard InChI is InChI=1S/C16H13ClN2O/c1-10-15-9-13(20-2)7-8-14(15)16(19-18-10)11-3-5-12(17)6-4-11/h3-9H,1-2H3. The van der Waals surface area contributed by atoms with Crippen molar-refractivity contribution in [2.75, 3.05) is 7.11 Å². The summed E-state index contributed by atoms with van der Waals surface area (Å²) in [4.78, 5) is 0. The molecule has 0 amide bonds. The lowest BCUT2D eigenvalue weighted by molar-refractivity contribution is 0.415. The van der Waals surface area contributed by atoms with Gasteiger partial charge in [0.2, 0.25) is 0 Å². The first-order valence-electron chi connectivity index (χ1n) is 6.26.